The fourth-order valence-electron chi connectivity index (χ4n) is 2.49. The molecule has 1 aromatic heterocycles. The number of nitrogens with zero attached hydrogens (tertiary/aromatic N) is 1. The van der Waals surface area contributed by atoms with Gasteiger partial charge in [-0.2, -0.15) is 17.6 Å². The Morgan fingerprint density at radius 1 is 1.00 bits per heavy atom. The quantitative estimate of drug-likeness (QED) is 0.464. The van der Waals surface area contributed by atoms with Crippen LogP contribution in [0, 0.1) is 0 Å². The summed E-state index contributed by atoms with van der Waals surface area (Å²) in [6.07, 6.45) is -4.37. The second kappa shape index (κ2) is 6.46. The van der Waals surface area contributed by atoms with Crippen LogP contribution in [0.15, 0.2) is 40.8 Å². The van der Waals surface area contributed by atoms with Crippen LogP contribution in [0.3, 0.4) is 0 Å². The molecule has 0 saturated carbocycles. The molecule has 1 atom stereocenters. The first-order chi connectivity index (χ1) is 12.0. The second-order valence-electron chi connectivity index (χ2n) is 7.06. The van der Waals surface area contributed by atoms with Crippen LogP contribution >= 0.6 is 11.3 Å². The van der Waals surface area contributed by atoms with E-state index in [1.165, 1.54) is 23.5 Å². The van der Waals surface area contributed by atoms with Gasteiger partial charge < -0.3 is 0 Å². The van der Waals surface area contributed by atoms with E-state index in [1.807, 2.05) is 39.0 Å². The minimum Gasteiger partial charge on any atom is -0.234 e. The van der Waals surface area contributed by atoms with E-state index < -0.39 is 27.5 Å². The summed E-state index contributed by atoms with van der Waals surface area (Å²) in [5.74, 6) is 0. The van der Waals surface area contributed by atoms with Crippen LogP contribution in [0.4, 0.5) is 13.2 Å². The molecule has 0 aliphatic heterocycles. The van der Waals surface area contributed by atoms with Crippen LogP contribution in [0.25, 0.3) is 20.2 Å². The predicted octanol–water partition coefficient (Wildman–Crippen LogP) is 6.34. The van der Waals surface area contributed by atoms with Crippen LogP contribution < -0.4 is 0 Å². The second-order valence-corrected chi connectivity index (χ2v) is 10.0. The summed E-state index contributed by atoms with van der Waals surface area (Å²) in [6.45, 7) is 7.29. The number of hydrogen-bond donors (Lipinski definition) is 0. The number of benzene rings is 2. The van der Waals surface area contributed by atoms with Crippen molar-refractivity contribution in [1.82, 2.24) is 0 Å². The van der Waals surface area contributed by atoms with Gasteiger partial charge in [-0.1, -0.05) is 6.07 Å². The van der Waals surface area contributed by atoms with Crippen LogP contribution in [0.2, 0.25) is 0 Å². The van der Waals surface area contributed by atoms with Gasteiger partial charge in [-0.3, -0.25) is 0 Å². The van der Waals surface area contributed by atoms with Crippen molar-refractivity contribution in [2.75, 3.05) is 0 Å². The Hall–Kier alpha value is -1.73. The molecule has 1 heterocycles. The zero-order valence-electron chi connectivity index (χ0n) is 14.8. The molecule has 0 N–H and O–H groups in total. The highest BCUT2D eigenvalue weighted by molar-refractivity contribution is 7.85. The van der Waals surface area contributed by atoms with E-state index in [0.29, 0.717) is 11.1 Å². The van der Waals surface area contributed by atoms with Crippen LogP contribution in [-0.2, 0) is 17.2 Å². The van der Waals surface area contributed by atoms with Crippen molar-refractivity contribution >= 4 is 48.2 Å². The molecule has 2 aromatic carbocycles. The summed E-state index contributed by atoms with van der Waals surface area (Å²) in [4.78, 5) is 0. The average molecular weight is 397 g/mol. The van der Waals surface area contributed by atoms with Gasteiger partial charge in [0.2, 0.25) is 0 Å². The number of halogens is 3. The molecule has 0 bridgehead atoms. The van der Waals surface area contributed by atoms with Crippen molar-refractivity contribution in [3.8, 4) is 0 Å². The fourth-order valence-corrected chi connectivity index (χ4v) is 4.19. The first-order valence-corrected chi connectivity index (χ1v) is 9.90. The monoisotopic (exact) mass is 397 g/mol. The Bertz CT molecular complexity index is 1040. The number of rotatable bonds is 2. The maximum Gasteiger partial charge on any atom is 0.416 e. The molecule has 2 nitrogen and oxygen atoms in total. The van der Waals surface area contributed by atoms with Crippen molar-refractivity contribution < 1.29 is 17.4 Å². The Kier molecular flexibility index (Phi) is 4.73. The van der Waals surface area contributed by atoms with E-state index >= 15 is 0 Å². The largest absolute Gasteiger partial charge is 0.416 e. The summed E-state index contributed by atoms with van der Waals surface area (Å²) < 4.78 is 56.8. The number of fused-ring (bicyclic) bond motifs is 3. The Labute approximate surface area is 156 Å². The van der Waals surface area contributed by atoms with E-state index in [1.54, 1.807) is 6.92 Å². The summed E-state index contributed by atoms with van der Waals surface area (Å²) in [5, 5.41) is 1.33. The fraction of sp³-hybridized carbons (Fsp3) is 0.316. The summed E-state index contributed by atoms with van der Waals surface area (Å²) in [7, 11) is -1.39. The smallest absolute Gasteiger partial charge is 0.234 e. The number of hydrogen-bond acceptors (Lipinski definition) is 2. The summed E-state index contributed by atoms with van der Waals surface area (Å²) in [5.41, 5.74) is 0.702. The minimum absolute atomic E-state index is 0.470. The normalized spacial score (nSPS) is 15.0. The van der Waals surface area contributed by atoms with Crippen molar-refractivity contribution in [3.05, 3.63) is 47.5 Å². The minimum atomic E-state index is -4.37. The Morgan fingerprint density at radius 2 is 1.58 bits per heavy atom. The third kappa shape index (κ3) is 3.69. The molecule has 0 radical (unpaired) electrons. The van der Waals surface area contributed by atoms with Crippen molar-refractivity contribution in [1.29, 1.82) is 0 Å². The highest BCUT2D eigenvalue weighted by Crippen LogP contribution is 2.38. The molecule has 7 heteroatoms. The van der Waals surface area contributed by atoms with Gasteiger partial charge in [-0.15, -0.1) is 11.3 Å². The van der Waals surface area contributed by atoms with Gasteiger partial charge in [-0.25, -0.2) is 4.21 Å². The highest BCUT2D eigenvalue weighted by atomic mass is 32.2. The number of alkyl halides is 3. The molecule has 3 rings (SSSR count). The maximum absolute atomic E-state index is 13.0. The molecule has 26 heavy (non-hydrogen) atoms. The lowest BCUT2D eigenvalue weighted by atomic mass is 10.1. The third-order valence-electron chi connectivity index (χ3n) is 3.96. The van der Waals surface area contributed by atoms with E-state index in [2.05, 4.69) is 4.40 Å². The standard InChI is InChI=1S/C19H18F3NOS2/c1-11(23-26(24)18(2,3)4)12-5-7-16-14(9-12)15-10-13(19(20,21)22)6-8-17(15)25-16/h5-10H,1-4H3/b23-11+/t26-/m1/s1. The molecule has 3 aromatic rings. The molecule has 0 unspecified atom stereocenters. The van der Waals surface area contributed by atoms with E-state index in [-0.39, 0.29) is 0 Å². The lowest BCUT2D eigenvalue weighted by molar-refractivity contribution is -0.137. The van der Waals surface area contributed by atoms with E-state index in [0.717, 1.165) is 26.4 Å². The highest BCUT2D eigenvalue weighted by Gasteiger charge is 2.30. The first-order valence-electron chi connectivity index (χ1n) is 7.98. The van der Waals surface area contributed by atoms with Gasteiger partial charge >= 0.3 is 6.18 Å². The molecule has 0 saturated heterocycles. The van der Waals surface area contributed by atoms with Gasteiger partial charge in [0.1, 0.15) is 11.0 Å². The Morgan fingerprint density at radius 3 is 2.15 bits per heavy atom. The van der Waals surface area contributed by atoms with Crippen molar-refractivity contribution in [3.63, 3.8) is 0 Å². The van der Waals surface area contributed by atoms with Gasteiger partial charge in [0.25, 0.3) is 0 Å². The molecule has 0 aliphatic carbocycles. The van der Waals surface area contributed by atoms with Gasteiger partial charge in [0.05, 0.1) is 16.0 Å². The molecule has 0 fully saturated rings. The van der Waals surface area contributed by atoms with Crippen LogP contribution in [0.1, 0.15) is 38.8 Å². The molecule has 0 aliphatic rings. The van der Waals surface area contributed by atoms with Crippen molar-refractivity contribution in [2.45, 2.75) is 38.6 Å². The molecule has 0 amide bonds. The Balaban J connectivity index is 2.14. The zero-order valence-corrected chi connectivity index (χ0v) is 16.4. The molecular weight excluding hydrogens is 379 g/mol. The van der Waals surface area contributed by atoms with E-state index in [9.17, 15) is 17.4 Å². The SMILES string of the molecule is C/C(=N\[S@](=O)C(C)(C)C)c1ccc2sc3ccc(C(F)(F)F)cc3c2c1. The zero-order chi connectivity index (χ0) is 19.3. The lowest BCUT2D eigenvalue weighted by Gasteiger charge is -2.14. The van der Waals surface area contributed by atoms with Crippen LogP contribution in [-0.4, -0.2) is 14.7 Å². The summed E-state index contributed by atoms with van der Waals surface area (Å²) in [6, 6.07) is 9.38. The lowest BCUT2D eigenvalue weighted by Crippen LogP contribution is -2.20. The third-order valence-corrected chi connectivity index (χ3v) is 6.60. The van der Waals surface area contributed by atoms with Gasteiger partial charge in [0, 0.05) is 20.2 Å². The van der Waals surface area contributed by atoms with Gasteiger partial charge in [0.15, 0.2) is 0 Å². The van der Waals surface area contributed by atoms with Crippen molar-refractivity contribution in [2.24, 2.45) is 4.40 Å². The summed E-state index contributed by atoms with van der Waals surface area (Å²) >= 11 is 1.45. The topological polar surface area (TPSA) is 29.4 Å². The predicted molar refractivity (Wildman–Crippen MR) is 104 cm³/mol. The van der Waals surface area contributed by atoms with Crippen LogP contribution in [0.5, 0.6) is 0 Å². The average Bonchev–Trinajstić information content (AvgIpc) is 2.89. The number of thiophene rings is 1. The van der Waals surface area contributed by atoms with E-state index in [4.69, 9.17) is 0 Å². The molecule has 0 spiro atoms. The van der Waals surface area contributed by atoms with Gasteiger partial charge in [-0.05, 0) is 63.6 Å². The molecular formula is C19H18F3NOS2. The molecule has 138 valence electrons. The first kappa shape index (κ1) is 19.0. The maximum atomic E-state index is 13.0.